The molecule has 1 amide bonds. The molecule has 2 rings (SSSR count). The Bertz CT molecular complexity index is 275. The van der Waals surface area contributed by atoms with E-state index in [1.54, 1.807) is 0 Å². The van der Waals surface area contributed by atoms with Gasteiger partial charge in [-0.05, 0) is 44.1 Å². The zero-order valence-corrected chi connectivity index (χ0v) is 12.7. The molecule has 4 nitrogen and oxygen atoms in total. The van der Waals surface area contributed by atoms with Crippen molar-refractivity contribution in [1.29, 1.82) is 0 Å². The van der Waals surface area contributed by atoms with E-state index >= 15 is 0 Å². The lowest BCUT2D eigenvalue weighted by Gasteiger charge is -2.34. The van der Waals surface area contributed by atoms with Gasteiger partial charge in [0.15, 0.2) is 0 Å². The van der Waals surface area contributed by atoms with Crippen LogP contribution in [0.3, 0.4) is 0 Å². The lowest BCUT2D eigenvalue weighted by Crippen LogP contribution is -2.45. The van der Waals surface area contributed by atoms with E-state index in [0.717, 1.165) is 45.5 Å². The van der Waals surface area contributed by atoms with Crippen molar-refractivity contribution >= 4 is 18.3 Å². The van der Waals surface area contributed by atoms with Gasteiger partial charge in [-0.2, -0.15) is 0 Å². The van der Waals surface area contributed by atoms with Crippen molar-refractivity contribution in [3.05, 3.63) is 0 Å². The predicted molar refractivity (Wildman–Crippen MR) is 78.7 cm³/mol. The third-order valence-electron chi connectivity index (χ3n) is 4.12. The molecule has 0 aromatic heterocycles. The zero-order valence-electron chi connectivity index (χ0n) is 11.9. The molecule has 2 heterocycles. The van der Waals surface area contributed by atoms with Gasteiger partial charge in [0.25, 0.3) is 0 Å². The van der Waals surface area contributed by atoms with Gasteiger partial charge < -0.3 is 15.4 Å². The quantitative estimate of drug-likeness (QED) is 0.813. The molecule has 2 fully saturated rings. The summed E-state index contributed by atoms with van der Waals surface area (Å²) in [5.41, 5.74) is 0.234. The van der Waals surface area contributed by atoms with Crippen molar-refractivity contribution in [3.63, 3.8) is 0 Å². The van der Waals surface area contributed by atoms with Gasteiger partial charge in [0.2, 0.25) is 5.91 Å². The molecule has 2 N–H and O–H groups in total. The number of ether oxygens (including phenoxy) is 1. The number of amides is 1. The van der Waals surface area contributed by atoms with Crippen LogP contribution in [0, 0.1) is 5.41 Å². The summed E-state index contributed by atoms with van der Waals surface area (Å²) >= 11 is 0. The smallest absolute Gasteiger partial charge is 0.220 e. The molecular weight excluding hydrogens is 264 g/mol. The van der Waals surface area contributed by atoms with Gasteiger partial charge in [-0.3, -0.25) is 4.79 Å². The Morgan fingerprint density at radius 1 is 1.47 bits per heavy atom. The molecule has 0 aromatic rings. The molecular formula is C14H27ClN2O2. The van der Waals surface area contributed by atoms with Crippen molar-refractivity contribution in [2.45, 2.75) is 51.6 Å². The lowest BCUT2D eigenvalue weighted by atomic mass is 9.83. The second-order valence-corrected chi connectivity index (χ2v) is 6.04. The first kappa shape index (κ1) is 16.7. The molecule has 0 saturated carbocycles. The molecule has 2 saturated heterocycles. The van der Waals surface area contributed by atoms with E-state index in [1.807, 2.05) is 0 Å². The number of carbonyl (C=O) groups excluding carboxylic acids is 1. The predicted octanol–water partition coefficient (Wildman–Crippen LogP) is 1.87. The summed E-state index contributed by atoms with van der Waals surface area (Å²) in [6.07, 6.45) is 6.48. The summed E-state index contributed by atoms with van der Waals surface area (Å²) in [7, 11) is 0. The number of hydrogen-bond acceptors (Lipinski definition) is 3. The SMILES string of the molecule is CC1(CNC(=O)CCC2CCCO2)CCCNC1.Cl. The molecule has 112 valence electrons. The van der Waals surface area contributed by atoms with Crippen LogP contribution in [0.25, 0.3) is 0 Å². The maximum Gasteiger partial charge on any atom is 0.220 e. The first-order valence-electron chi connectivity index (χ1n) is 7.27. The van der Waals surface area contributed by atoms with Gasteiger partial charge in [-0.25, -0.2) is 0 Å². The topological polar surface area (TPSA) is 50.4 Å². The molecule has 0 spiro atoms. The third kappa shape index (κ3) is 5.67. The van der Waals surface area contributed by atoms with Crippen LogP contribution >= 0.6 is 12.4 Å². The normalized spacial score (nSPS) is 30.7. The Balaban J connectivity index is 0.00000180. The maximum atomic E-state index is 11.8. The van der Waals surface area contributed by atoms with Crippen LogP contribution in [0.15, 0.2) is 0 Å². The van der Waals surface area contributed by atoms with Crippen molar-refractivity contribution in [2.24, 2.45) is 5.41 Å². The Morgan fingerprint density at radius 3 is 2.95 bits per heavy atom. The number of hydrogen-bond donors (Lipinski definition) is 2. The minimum absolute atomic E-state index is 0. The molecule has 0 radical (unpaired) electrons. The van der Waals surface area contributed by atoms with Crippen molar-refractivity contribution < 1.29 is 9.53 Å². The van der Waals surface area contributed by atoms with Crippen LogP contribution < -0.4 is 10.6 Å². The van der Waals surface area contributed by atoms with E-state index in [0.29, 0.717) is 12.5 Å². The van der Waals surface area contributed by atoms with Gasteiger partial charge in [0, 0.05) is 26.1 Å². The van der Waals surface area contributed by atoms with Crippen LogP contribution in [0.1, 0.15) is 45.4 Å². The number of halogens is 1. The highest BCUT2D eigenvalue weighted by molar-refractivity contribution is 5.85. The molecule has 2 aliphatic rings. The van der Waals surface area contributed by atoms with Crippen LogP contribution in [0.4, 0.5) is 0 Å². The monoisotopic (exact) mass is 290 g/mol. The van der Waals surface area contributed by atoms with Gasteiger partial charge in [0.05, 0.1) is 6.10 Å². The molecule has 5 heteroatoms. The first-order valence-corrected chi connectivity index (χ1v) is 7.27. The Hall–Kier alpha value is -0.320. The fraction of sp³-hybridized carbons (Fsp3) is 0.929. The van der Waals surface area contributed by atoms with Crippen molar-refractivity contribution in [1.82, 2.24) is 10.6 Å². The van der Waals surface area contributed by atoms with Crippen LogP contribution in [0.5, 0.6) is 0 Å². The summed E-state index contributed by atoms with van der Waals surface area (Å²) in [5, 5.41) is 6.49. The Labute approximate surface area is 122 Å². The molecule has 2 atom stereocenters. The summed E-state index contributed by atoms with van der Waals surface area (Å²) in [6, 6.07) is 0. The Kier molecular flexibility index (Phi) is 7.11. The molecule has 2 aliphatic heterocycles. The van der Waals surface area contributed by atoms with Crippen LogP contribution in [-0.2, 0) is 9.53 Å². The average molecular weight is 291 g/mol. The Morgan fingerprint density at radius 2 is 2.32 bits per heavy atom. The molecule has 0 aliphatic carbocycles. The van der Waals surface area contributed by atoms with E-state index in [2.05, 4.69) is 17.6 Å². The summed E-state index contributed by atoms with van der Waals surface area (Å²) in [6.45, 7) is 6.04. The summed E-state index contributed by atoms with van der Waals surface area (Å²) in [4.78, 5) is 11.8. The molecule has 0 aromatic carbocycles. The zero-order chi connectivity index (χ0) is 12.8. The van der Waals surface area contributed by atoms with E-state index < -0.39 is 0 Å². The minimum Gasteiger partial charge on any atom is -0.378 e. The highest BCUT2D eigenvalue weighted by atomic mass is 35.5. The first-order chi connectivity index (χ1) is 8.68. The highest BCUT2D eigenvalue weighted by Crippen LogP contribution is 2.24. The number of carbonyl (C=O) groups is 1. The van der Waals surface area contributed by atoms with E-state index in [4.69, 9.17) is 4.74 Å². The lowest BCUT2D eigenvalue weighted by molar-refractivity contribution is -0.122. The van der Waals surface area contributed by atoms with Gasteiger partial charge in [0.1, 0.15) is 0 Å². The van der Waals surface area contributed by atoms with Crippen LogP contribution in [0.2, 0.25) is 0 Å². The number of rotatable bonds is 5. The fourth-order valence-electron chi connectivity index (χ4n) is 2.83. The van der Waals surface area contributed by atoms with Crippen molar-refractivity contribution in [2.75, 3.05) is 26.2 Å². The molecule has 19 heavy (non-hydrogen) atoms. The molecule has 2 unspecified atom stereocenters. The average Bonchev–Trinajstić information content (AvgIpc) is 2.88. The van der Waals surface area contributed by atoms with Gasteiger partial charge >= 0.3 is 0 Å². The largest absolute Gasteiger partial charge is 0.378 e. The minimum atomic E-state index is 0. The highest BCUT2D eigenvalue weighted by Gasteiger charge is 2.27. The van der Waals surface area contributed by atoms with Crippen molar-refractivity contribution in [3.8, 4) is 0 Å². The van der Waals surface area contributed by atoms with E-state index in [9.17, 15) is 4.79 Å². The van der Waals surface area contributed by atoms with E-state index in [-0.39, 0.29) is 23.7 Å². The molecule has 0 bridgehead atoms. The number of piperidine rings is 1. The number of nitrogens with one attached hydrogen (secondary N) is 2. The maximum absolute atomic E-state index is 11.8. The standard InChI is InChI=1S/C14H26N2O2.ClH/c1-14(7-3-8-15-10-14)11-16-13(17)6-5-12-4-2-9-18-12;/h12,15H,2-11H2,1H3,(H,16,17);1H. The summed E-state index contributed by atoms with van der Waals surface area (Å²) in [5.74, 6) is 0.178. The van der Waals surface area contributed by atoms with Gasteiger partial charge in [-0.15, -0.1) is 12.4 Å². The van der Waals surface area contributed by atoms with E-state index in [1.165, 1.54) is 12.8 Å². The third-order valence-corrected chi connectivity index (χ3v) is 4.12. The summed E-state index contributed by atoms with van der Waals surface area (Å²) < 4.78 is 5.53. The van der Waals surface area contributed by atoms with Crippen LogP contribution in [-0.4, -0.2) is 38.3 Å². The second-order valence-electron chi connectivity index (χ2n) is 6.04. The second kappa shape index (κ2) is 8.08. The van der Waals surface area contributed by atoms with Gasteiger partial charge in [-0.1, -0.05) is 6.92 Å². The fourth-order valence-corrected chi connectivity index (χ4v) is 2.83.